The molecule has 72 heavy (non-hydrogen) atoms. The van der Waals surface area contributed by atoms with Crippen molar-refractivity contribution < 1.29 is 0 Å². The predicted octanol–water partition coefficient (Wildman–Crippen LogP) is 4.76. The molecule has 60 atom stereocenters. The molecule has 0 heteroatoms. The molecule has 0 aliphatic heterocycles. The Morgan fingerprint density at radius 3 is 0.458 bits per heavy atom. The Hall–Kier alpha value is 0. The summed E-state index contributed by atoms with van der Waals surface area (Å²) in [6.45, 7) is 0. The van der Waals surface area contributed by atoms with Crippen LogP contribution in [0, 0.1) is 381 Å². The highest BCUT2D eigenvalue weighted by atomic mass is 15.8. The summed E-state index contributed by atoms with van der Waals surface area (Å²) in [5.74, 6) is 37.2. The second-order valence-electron chi connectivity index (χ2n) is 48.3. The van der Waals surface area contributed by atoms with E-state index in [1.54, 1.807) is 0 Å². The summed E-state index contributed by atoms with van der Waals surface area (Å²) < 4.78 is 0. The van der Waals surface area contributed by atoms with Crippen LogP contribution in [-0.2, 0) is 0 Å². The maximum atomic E-state index is 1.90. The Morgan fingerprint density at radius 1 is 0.125 bits per heavy atom. The largest absolute Gasteiger partial charge is 0.0458 e. The Morgan fingerprint density at radius 2 is 0.264 bits per heavy atom. The summed E-state index contributed by atoms with van der Waals surface area (Å²) in [4.78, 5) is 0. The van der Waals surface area contributed by atoms with Crippen molar-refractivity contribution in [2.24, 2.45) is 381 Å². The van der Waals surface area contributed by atoms with Gasteiger partial charge in [-0.3, -0.25) is 0 Å². The van der Waals surface area contributed by atoms with E-state index in [1.165, 1.54) is 241 Å². The van der Waals surface area contributed by atoms with Gasteiger partial charge in [0.25, 0.3) is 0 Å². The fourth-order valence-electron chi connectivity index (χ4n) is 87.7. The average molecular weight is 899 g/mol. The van der Waals surface area contributed by atoms with Gasteiger partial charge in [0.1, 0.15) is 0 Å². The molecule has 0 amide bonds. The number of rotatable bonds is 0. The first-order chi connectivity index (χ1) is 35.9. The summed E-state index contributed by atoms with van der Waals surface area (Å²) in [7, 11) is 0. The highest BCUT2D eigenvalue weighted by Crippen LogP contribution is 3.83. The Bertz CT molecular complexity index is 4950. The van der Waals surface area contributed by atoms with Gasteiger partial charge < -0.3 is 0 Å². The van der Waals surface area contributed by atoms with Gasteiger partial charge in [0.05, 0.1) is 0 Å². The van der Waals surface area contributed by atoms with Crippen molar-refractivity contribution in [2.75, 3.05) is 0 Å². The third-order valence-electron chi connectivity index (χ3n) is 66.6. The van der Waals surface area contributed by atoms with Crippen LogP contribution < -0.4 is 0 Å². The van der Waals surface area contributed by atoms with E-state index in [9.17, 15) is 0 Å². The van der Waals surface area contributed by atoms with Gasteiger partial charge in [0.15, 0.2) is 0 Å². The molecule has 56 fully saturated rings. The molecule has 0 bridgehead atoms. The summed E-state index contributed by atoms with van der Waals surface area (Å²) in [5, 5.41) is 0. The van der Waals surface area contributed by atoms with E-state index in [0.29, 0.717) is 0 Å². The summed E-state index contributed by atoms with van der Waals surface area (Å²) in [6.07, 6.45) is 7.61. The van der Waals surface area contributed by atoms with E-state index in [1.807, 2.05) is 25.7 Å². The zero-order valence-electron chi connectivity index (χ0n) is 38.8. The van der Waals surface area contributed by atoms with Crippen molar-refractivity contribution in [3.8, 4) is 0 Å². The molecule has 0 heterocycles. The van der Waals surface area contributed by atoms with Gasteiger partial charge in [-0.2, -0.15) is 0 Å². The minimum atomic E-state index is 1.12. The van der Waals surface area contributed by atoms with E-state index >= 15 is 0 Å². The van der Waals surface area contributed by atoms with Gasteiger partial charge in [-0.25, -0.2) is 0 Å². The standard InChI is InChI=1S/C72H34/c1-5-13-21-22-14-6-2-11-19-27-30-28-20-12-4-8-16-24-23-15-7-3-10-18-26-29-25-17-9(1)31(5)35(13)43(21)44(22)36(14)32(6,11)41(19)49(27)52(30)50(28)42(20)34(8,12)38(16)46(24)45(23)37(15)33(7,10)40(18)48(26)51(29)47(25)39(17,31)53(35)57(43)58(44)54(36,41)63(49)66(52)64(50)56(38,42)60(46)59(45)55(37,40)62(48)65(51)61(47,53)67(57)68(58,63)72(66)70(60,64)69(59,62)71(65,67)72/h5-30H,1-4H2. The van der Waals surface area contributed by atoms with Gasteiger partial charge in [-0.1, -0.05) is 0 Å². The van der Waals surface area contributed by atoms with Crippen LogP contribution in [0.5, 0.6) is 0 Å². The van der Waals surface area contributed by atoms with Crippen LogP contribution in [0.4, 0.5) is 0 Å². The predicted molar refractivity (Wildman–Crippen MR) is 211 cm³/mol. The zero-order valence-corrected chi connectivity index (χ0v) is 38.8. The second kappa shape index (κ2) is 3.12. The lowest BCUT2D eigenvalue weighted by molar-refractivity contribution is -1.35. The Kier molecular flexibility index (Phi) is 0.975. The number of fused-ring (bicyclic) bond motifs is 22. The van der Waals surface area contributed by atoms with Crippen LogP contribution in [0.25, 0.3) is 0 Å². The highest BCUT2D eigenvalue weighted by Gasteiger charge is 3.83. The van der Waals surface area contributed by atoms with Crippen LogP contribution in [0.1, 0.15) is 25.7 Å². The van der Waals surface area contributed by atoms with E-state index in [2.05, 4.69) is 0 Å². The first-order valence-electron chi connectivity index (χ1n) is 35.9. The topological polar surface area (TPSA) is 0 Å². The summed E-state index contributed by atoms with van der Waals surface area (Å²) in [6, 6.07) is 0. The molecule has 0 aromatic rings. The number of hydrogen-bond acceptors (Lipinski definition) is 0. The molecule has 60 unspecified atom stereocenters. The van der Waals surface area contributed by atoms with Crippen molar-refractivity contribution >= 4 is 0 Å². The lowest BCUT2D eigenvalue weighted by Crippen LogP contribution is -3.78. The maximum absolute atomic E-state index is 1.90. The third kappa shape index (κ3) is 0.412. The molecule has 322 valence electrons. The molecule has 56 aliphatic rings. The molecule has 56 saturated carbocycles. The summed E-state index contributed by atoms with van der Waals surface area (Å²) in [5.41, 5.74) is 48.4. The highest BCUT2D eigenvalue weighted by molar-refractivity contribution is 6.27. The van der Waals surface area contributed by atoms with E-state index < -0.39 is 0 Å². The third-order valence-corrected chi connectivity index (χ3v) is 66.6. The molecule has 0 aromatic carbocycles. The molecule has 0 radical (unpaired) electrons. The number of hydrogen-bond donors (Lipinski definition) is 0. The van der Waals surface area contributed by atoms with Gasteiger partial charge in [-0.05, 0) is 407 Å². The molecule has 0 N–H and O–H groups in total. The van der Waals surface area contributed by atoms with Crippen molar-refractivity contribution in [1.29, 1.82) is 0 Å². The monoisotopic (exact) mass is 898 g/mol. The van der Waals surface area contributed by atoms with Crippen molar-refractivity contribution in [3.05, 3.63) is 0 Å². The zero-order chi connectivity index (χ0) is 38.8. The van der Waals surface area contributed by atoms with Crippen LogP contribution in [-0.4, -0.2) is 0 Å². The van der Waals surface area contributed by atoms with Gasteiger partial charge in [0, 0.05) is 0 Å². The second-order valence-corrected chi connectivity index (χ2v) is 48.3. The van der Waals surface area contributed by atoms with Gasteiger partial charge in [-0.15, -0.1) is 0 Å². The lowest BCUT2D eigenvalue weighted by atomic mass is 8.23. The molecule has 0 aromatic heterocycles. The molecule has 56 rings (SSSR count). The van der Waals surface area contributed by atoms with Gasteiger partial charge >= 0.3 is 0 Å². The normalized spacial score (nSPS) is 152. The molecule has 56 aliphatic carbocycles. The molecule has 0 saturated heterocycles. The Labute approximate surface area is 404 Å². The summed E-state index contributed by atoms with van der Waals surface area (Å²) >= 11 is 0. The van der Waals surface area contributed by atoms with Crippen LogP contribution in [0.15, 0.2) is 0 Å². The Balaban J connectivity index is 0.735. The van der Waals surface area contributed by atoms with E-state index in [4.69, 9.17) is 0 Å². The average Bonchev–Trinajstić information content (AvgIpc) is 0.405. The van der Waals surface area contributed by atoms with Crippen molar-refractivity contribution in [1.82, 2.24) is 0 Å². The van der Waals surface area contributed by atoms with Crippen molar-refractivity contribution in [3.63, 3.8) is 0 Å². The minimum absolute atomic E-state index is 1.12. The fourth-order valence-corrected chi connectivity index (χ4v) is 87.7. The molecular weight excluding hydrogens is 865 g/mol. The molecule has 0 nitrogen and oxygen atoms in total. The van der Waals surface area contributed by atoms with Crippen LogP contribution in [0.2, 0.25) is 0 Å². The quantitative estimate of drug-likeness (QED) is 0.330. The fraction of sp³-hybridized carbons (Fsp3) is 1.00. The van der Waals surface area contributed by atoms with Crippen LogP contribution >= 0.6 is 0 Å². The first kappa shape index (κ1) is 22.5. The maximum Gasteiger partial charge on any atom is -0.0000131 e. The minimum Gasteiger partial charge on any atom is -0.0458 e. The van der Waals surface area contributed by atoms with E-state index in [-0.39, 0.29) is 0 Å². The smallest absolute Gasteiger partial charge is 0.0000131 e. The molecular formula is C72H34. The van der Waals surface area contributed by atoms with E-state index in [0.717, 1.165) is 141 Å². The van der Waals surface area contributed by atoms with Crippen LogP contribution in [0.3, 0.4) is 0 Å². The lowest BCUT2D eigenvalue weighted by Gasteiger charge is -3.78. The molecule has 42 spiro atoms. The SMILES string of the molecule is C1C2C3C4C5C6C7CC8C9C%10C%11C%12C%13C%14CC%15C%16C%17C%18C%19C%20CC%21C%22C%23C%24C%25C%26C1C21C32C43C54C65C78C96C%107C%118C%129C%13%10C%15%14C%16%11C%17%12C%18%13C%19%14C%20%21C%22%15C%23%16C%24%17C%25%18C%261C21C32C43C56C74C85C96C%11%10C%127C%138C%14%15C%169C%17%10C%181C21C34C52C76C89C%1012. The van der Waals surface area contributed by atoms with Crippen molar-refractivity contribution in [2.45, 2.75) is 25.7 Å². The van der Waals surface area contributed by atoms with Gasteiger partial charge in [0.2, 0.25) is 0 Å². The first-order valence-corrected chi connectivity index (χ1v) is 35.9.